The molecule has 0 saturated heterocycles. The van der Waals surface area contributed by atoms with Gasteiger partial charge in [-0.15, -0.1) is 0 Å². The zero-order chi connectivity index (χ0) is 33.0. The summed E-state index contributed by atoms with van der Waals surface area (Å²) in [6.07, 6.45) is -2.47. The molecular weight excluding hydrogens is 641 g/mol. The molecule has 1 amide bonds. The van der Waals surface area contributed by atoms with Gasteiger partial charge in [0.25, 0.3) is 5.91 Å². The van der Waals surface area contributed by atoms with E-state index in [-0.39, 0.29) is 23.8 Å². The second-order valence-electron chi connectivity index (χ2n) is 14.0. The molecular formula is C34H42ClF3N2O5S. The van der Waals surface area contributed by atoms with Crippen LogP contribution >= 0.6 is 11.6 Å². The average Bonchev–Trinajstić information content (AvgIpc) is 3.13. The maximum absolute atomic E-state index is 14.0. The molecule has 4 aliphatic rings. The van der Waals surface area contributed by atoms with Crippen molar-refractivity contribution in [2.75, 3.05) is 24.6 Å². The van der Waals surface area contributed by atoms with E-state index in [0.717, 1.165) is 36.8 Å². The number of halogens is 4. The lowest BCUT2D eigenvalue weighted by atomic mass is 9.63. The number of carbonyl (C=O) groups excluding carboxylic acids is 1. The van der Waals surface area contributed by atoms with Crippen LogP contribution in [-0.2, 0) is 21.9 Å². The van der Waals surface area contributed by atoms with Crippen molar-refractivity contribution in [1.29, 1.82) is 0 Å². The molecule has 0 radical (unpaired) electrons. The fourth-order valence-electron chi connectivity index (χ4n) is 8.27. The number of nitrogens with zero attached hydrogens (tertiary/aromatic N) is 1. The highest BCUT2D eigenvalue weighted by molar-refractivity contribution is 7.90. The van der Waals surface area contributed by atoms with Gasteiger partial charge in [0.1, 0.15) is 5.75 Å². The fraction of sp³-hybridized carbons (Fsp3) is 0.618. The Balaban J connectivity index is 1.43. The Kier molecular flexibility index (Phi) is 9.08. The van der Waals surface area contributed by atoms with Gasteiger partial charge in [0.05, 0.1) is 17.5 Å². The van der Waals surface area contributed by atoms with Crippen molar-refractivity contribution < 1.29 is 36.2 Å². The van der Waals surface area contributed by atoms with Gasteiger partial charge in [0.15, 0.2) is 6.10 Å². The molecule has 1 fully saturated rings. The lowest BCUT2D eigenvalue weighted by molar-refractivity contribution is -0.231. The van der Waals surface area contributed by atoms with Gasteiger partial charge in [-0.3, -0.25) is 4.79 Å². The summed E-state index contributed by atoms with van der Waals surface area (Å²) in [4.78, 5) is 15.5. The van der Waals surface area contributed by atoms with Crippen molar-refractivity contribution in [3.63, 3.8) is 0 Å². The highest BCUT2D eigenvalue weighted by atomic mass is 35.5. The van der Waals surface area contributed by atoms with Crippen LogP contribution in [0, 0.1) is 23.7 Å². The summed E-state index contributed by atoms with van der Waals surface area (Å²) < 4.78 is 77.3. The monoisotopic (exact) mass is 682 g/mol. The van der Waals surface area contributed by atoms with Crippen LogP contribution in [0.2, 0.25) is 5.02 Å². The van der Waals surface area contributed by atoms with Gasteiger partial charge in [-0.05, 0) is 117 Å². The average molecular weight is 683 g/mol. The minimum Gasteiger partial charge on any atom is -0.490 e. The van der Waals surface area contributed by atoms with E-state index in [4.69, 9.17) is 16.3 Å². The van der Waals surface area contributed by atoms with Crippen molar-refractivity contribution >= 4 is 33.2 Å². The van der Waals surface area contributed by atoms with Gasteiger partial charge >= 0.3 is 6.18 Å². The Morgan fingerprint density at radius 3 is 2.59 bits per heavy atom. The van der Waals surface area contributed by atoms with Gasteiger partial charge in [-0.1, -0.05) is 31.0 Å². The largest absolute Gasteiger partial charge is 0.490 e. The number of aryl methyl sites for hydroxylation is 1. The number of alkyl halides is 3. The number of aliphatic hydroxyl groups is 1. The van der Waals surface area contributed by atoms with Crippen molar-refractivity contribution in [3.8, 4) is 5.75 Å². The van der Waals surface area contributed by atoms with Gasteiger partial charge in [0.2, 0.25) is 10.0 Å². The first-order chi connectivity index (χ1) is 21.7. The summed E-state index contributed by atoms with van der Waals surface area (Å²) in [7, 11) is -4.08. The highest BCUT2D eigenvalue weighted by Gasteiger charge is 2.51. The van der Waals surface area contributed by atoms with Crippen molar-refractivity contribution in [3.05, 3.63) is 58.1 Å². The molecule has 0 aromatic heterocycles. The minimum absolute atomic E-state index is 0.111. The molecule has 2 aromatic carbocycles. The normalized spacial score (nSPS) is 32.2. The van der Waals surface area contributed by atoms with E-state index in [2.05, 4.69) is 9.62 Å². The first kappa shape index (κ1) is 33.4. The number of hydrogen-bond donors (Lipinski definition) is 2. The molecule has 46 heavy (non-hydrogen) atoms. The maximum atomic E-state index is 14.0. The predicted molar refractivity (Wildman–Crippen MR) is 171 cm³/mol. The molecule has 1 spiro atoms. The summed E-state index contributed by atoms with van der Waals surface area (Å²) in [5.41, 5.74) is 2.61. The number of rotatable bonds is 1. The van der Waals surface area contributed by atoms with Crippen LogP contribution in [0.25, 0.3) is 0 Å². The number of carbonyl (C=O) groups is 1. The SMILES string of the molecule is CC1CCC[C@@H]([C@H](O)C(F)(F)F)C2CCC2CN2C[C@@]3(CCCc4cc(Cl)ccc43)COc3ccc(cc32)C(=O)NS(=O)(=O)[C@@H]1C. The summed E-state index contributed by atoms with van der Waals surface area (Å²) in [5, 5.41) is 10.3. The highest BCUT2D eigenvalue weighted by Crippen LogP contribution is 2.49. The summed E-state index contributed by atoms with van der Waals surface area (Å²) in [5.74, 6) is -2.08. The topological polar surface area (TPSA) is 95.9 Å². The number of anilines is 1. The number of sulfonamides is 1. The van der Waals surface area contributed by atoms with Crippen LogP contribution in [0.15, 0.2) is 36.4 Å². The molecule has 2 aromatic rings. The number of aliphatic hydroxyl groups excluding tert-OH is 1. The zero-order valence-corrected chi connectivity index (χ0v) is 27.7. The molecule has 7 nitrogen and oxygen atoms in total. The number of benzene rings is 2. The molecule has 2 bridgehead atoms. The third-order valence-corrected chi connectivity index (χ3v) is 13.4. The van der Waals surface area contributed by atoms with Crippen molar-refractivity contribution in [2.45, 2.75) is 88.2 Å². The Labute approximate surface area is 273 Å². The Bertz CT molecular complexity index is 1590. The number of nitrogens with one attached hydrogen (secondary N) is 1. The minimum atomic E-state index is -4.76. The molecule has 1 saturated carbocycles. The zero-order valence-electron chi connectivity index (χ0n) is 26.2. The molecule has 6 rings (SSSR count). The van der Waals surface area contributed by atoms with Gasteiger partial charge in [-0.2, -0.15) is 13.2 Å². The number of amides is 1. The smallest absolute Gasteiger partial charge is 0.414 e. The quantitative estimate of drug-likeness (QED) is 0.350. The summed E-state index contributed by atoms with van der Waals surface area (Å²) in [6.45, 7) is 4.52. The van der Waals surface area contributed by atoms with E-state index >= 15 is 0 Å². The van der Waals surface area contributed by atoms with Crippen LogP contribution in [0.4, 0.5) is 18.9 Å². The van der Waals surface area contributed by atoms with Gasteiger partial charge in [0, 0.05) is 29.1 Å². The lowest BCUT2D eigenvalue weighted by Crippen LogP contribution is -2.51. The molecule has 12 heteroatoms. The lowest BCUT2D eigenvalue weighted by Gasteiger charge is -2.48. The number of hydrogen-bond acceptors (Lipinski definition) is 6. The van der Waals surface area contributed by atoms with Crippen LogP contribution in [0.5, 0.6) is 5.75 Å². The standard InChI is InChI=1S/C34H42ClF3N2O5S/c1-20-5-3-7-27(31(41)34(36,37)38)26-11-8-24(26)17-40-18-33(14-4-6-22-15-25(35)10-12-28(22)33)19-45-30-13-9-23(16-29(30)40)32(42)39-46(43,44)21(20)2/h9-10,12-13,15-16,20-21,24,26-27,31,41H,3-8,11,14,17-19H2,1-2H3,(H,39,42)/t20?,21-,24?,26?,27-,31+,33+/m1/s1. The van der Waals surface area contributed by atoms with Crippen molar-refractivity contribution in [1.82, 2.24) is 4.72 Å². The van der Waals surface area contributed by atoms with Crippen LogP contribution in [0.3, 0.4) is 0 Å². The number of ether oxygens (including phenoxy) is 1. The second kappa shape index (κ2) is 12.5. The molecule has 2 N–H and O–H groups in total. The third kappa shape index (κ3) is 6.35. The van der Waals surface area contributed by atoms with Gasteiger partial charge in [-0.25, -0.2) is 13.1 Å². The number of fused-ring (bicyclic) bond motifs is 4. The van der Waals surface area contributed by atoms with Crippen LogP contribution in [0.1, 0.15) is 80.3 Å². The molecule has 2 aliphatic carbocycles. The van der Waals surface area contributed by atoms with Crippen LogP contribution < -0.4 is 14.4 Å². The summed E-state index contributed by atoms with van der Waals surface area (Å²) in [6, 6.07) is 10.8. The van der Waals surface area contributed by atoms with Crippen LogP contribution in [-0.4, -0.2) is 56.7 Å². The van der Waals surface area contributed by atoms with E-state index in [1.165, 1.54) is 6.92 Å². The molecule has 252 valence electrons. The van der Waals surface area contributed by atoms with E-state index in [1.54, 1.807) is 25.1 Å². The first-order valence-electron chi connectivity index (χ1n) is 16.3. The molecule has 7 atom stereocenters. The van der Waals surface area contributed by atoms with E-state index < -0.39 is 50.7 Å². The van der Waals surface area contributed by atoms with Crippen molar-refractivity contribution in [2.24, 2.45) is 23.7 Å². The van der Waals surface area contributed by atoms with E-state index in [9.17, 15) is 31.5 Å². The molecule has 2 heterocycles. The summed E-state index contributed by atoms with van der Waals surface area (Å²) >= 11 is 6.36. The van der Waals surface area contributed by atoms with Gasteiger partial charge < -0.3 is 14.7 Å². The third-order valence-electron chi connectivity index (χ3n) is 11.2. The molecule has 3 unspecified atom stereocenters. The van der Waals surface area contributed by atoms with E-state index in [1.807, 2.05) is 18.2 Å². The van der Waals surface area contributed by atoms with E-state index in [0.29, 0.717) is 55.4 Å². The maximum Gasteiger partial charge on any atom is 0.414 e. The fourth-order valence-corrected chi connectivity index (χ4v) is 9.77. The second-order valence-corrected chi connectivity index (χ2v) is 16.5. The Morgan fingerprint density at radius 1 is 1.09 bits per heavy atom. The molecule has 2 aliphatic heterocycles. The Morgan fingerprint density at radius 2 is 1.87 bits per heavy atom. The predicted octanol–water partition coefficient (Wildman–Crippen LogP) is 6.65. The Hall–Kier alpha value is -2.50. The first-order valence-corrected chi connectivity index (χ1v) is 18.2.